The molecule has 1 atom stereocenters. The summed E-state index contributed by atoms with van der Waals surface area (Å²) in [5.41, 5.74) is 6.39. The van der Waals surface area contributed by atoms with Crippen LogP contribution in [0.4, 0.5) is 15.1 Å². The number of amides is 1. The topological polar surface area (TPSA) is 119 Å². The van der Waals surface area contributed by atoms with E-state index in [0.29, 0.717) is 16.7 Å². The number of piperazine rings is 1. The van der Waals surface area contributed by atoms with Crippen LogP contribution in [-0.4, -0.2) is 65.0 Å². The van der Waals surface area contributed by atoms with E-state index < -0.39 is 33.6 Å². The molecule has 2 N–H and O–H groups in total. The molecule has 1 amide bonds. The van der Waals surface area contributed by atoms with Crippen molar-refractivity contribution in [2.45, 2.75) is 44.2 Å². The number of sulfonamides is 1. The van der Waals surface area contributed by atoms with Gasteiger partial charge in [0.05, 0.1) is 4.90 Å². The van der Waals surface area contributed by atoms with E-state index in [1.807, 2.05) is 0 Å². The highest BCUT2D eigenvalue weighted by atomic mass is 32.2. The smallest absolute Gasteiger partial charge is 0.410 e. The van der Waals surface area contributed by atoms with Gasteiger partial charge in [-0.2, -0.15) is 4.31 Å². The number of nitrogens with zero attached hydrogens (tertiary/aromatic N) is 4. The van der Waals surface area contributed by atoms with Gasteiger partial charge in [-0.3, -0.25) is 0 Å². The second-order valence-electron chi connectivity index (χ2n) is 9.91. The van der Waals surface area contributed by atoms with Crippen LogP contribution in [0.2, 0.25) is 0 Å². The normalized spacial score (nSPS) is 17.0. The molecular weight excluding hydrogens is 497 g/mol. The number of aromatic nitrogens is 2. The predicted molar refractivity (Wildman–Crippen MR) is 138 cm³/mol. The molecule has 196 valence electrons. The van der Waals surface area contributed by atoms with Crippen LogP contribution >= 0.6 is 0 Å². The van der Waals surface area contributed by atoms with Gasteiger partial charge >= 0.3 is 6.09 Å². The number of rotatable bonds is 4. The maximum absolute atomic E-state index is 15.1. The summed E-state index contributed by atoms with van der Waals surface area (Å²) in [6.45, 7) is 7.61. The van der Waals surface area contributed by atoms with Crippen molar-refractivity contribution in [3.8, 4) is 22.3 Å². The van der Waals surface area contributed by atoms with E-state index in [-0.39, 0.29) is 36.0 Å². The molecule has 3 aromatic rings. The maximum atomic E-state index is 15.1. The molecule has 0 aliphatic carbocycles. The summed E-state index contributed by atoms with van der Waals surface area (Å²) < 4.78 is 49.5. The molecule has 0 spiro atoms. The van der Waals surface area contributed by atoms with Crippen LogP contribution in [0.5, 0.6) is 0 Å². The number of benzene rings is 2. The van der Waals surface area contributed by atoms with Crippen LogP contribution in [0.25, 0.3) is 22.3 Å². The van der Waals surface area contributed by atoms with E-state index in [4.69, 9.17) is 10.5 Å². The van der Waals surface area contributed by atoms with Crippen molar-refractivity contribution in [2.75, 3.05) is 25.4 Å². The molecule has 1 fully saturated rings. The number of nitrogen functional groups attached to an aromatic ring is 1. The Hall–Kier alpha value is -3.57. The zero-order chi connectivity index (χ0) is 27.0. The summed E-state index contributed by atoms with van der Waals surface area (Å²) in [5.74, 6) is -0.460. The minimum Gasteiger partial charge on any atom is -0.444 e. The van der Waals surface area contributed by atoms with Crippen LogP contribution in [-0.2, 0) is 14.8 Å². The highest BCUT2D eigenvalue weighted by Gasteiger charge is 2.37. The quantitative estimate of drug-likeness (QED) is 0.541. The monoisotopic (exact) mass is 527 g/mol. The van der Waals surface area contributed by atoms with Crippen molar-refractivity contribution in [1.82, 2.24) is 19.2 Å². The predicted octanol–water partition coefficient (Wildman–Crippen LogP) is 4.16. The highest BCUT2D eigenvalue weighted by molar-refractivity contribution is 7.89. The zero-order valence-corrected chi connectivity index (χ0v) is 22.0. The Kier molecular flexibility index (Phi) is 7.20. The van der Waals surface area contributed by atoms with E-state index in [2.05, 4.69) is 9.97 Å². The Labute approximate surface area is 216 Å². The van der Waals surface area contributed by atoms with Gasteiger partial charge in [-0.1, -0.05) is 30.3 Å². The van der Waals surface area contributed by atoms with E-state index in [9.17, 15) is 13.2 Å². The number of halogens is 1. The van der Waals surface area contributed by atoms with Crippen molar-refractivity contribution in [2.24, 2.45) is 0 Å². The standard InChI is InChI=1S/C26H30FN5O4S/c1-17-16-31(25(33)36-26(2,3)4)11-12-32(17)37(34,35)23-8-6-5-7-21(23)18-9-10-20(22(27)13-18)19-14-29-24(28)30-15-19/h5-10,13-15,17H,11-12,16H2,1-4H3,(H2,28,29,30). The molecule has 1 unspecified atom stereocenters. The first kappa shape index (κ1) is 26.5. The van der Waals surface area contributed by atoms with Gasteiger partial charge in [0.25, 0.3) is 0 Å². The molecule has 37 heavy (non-hydrogen) atoms. The average molecular weight is 528 g/mol. The fraction of sp³-hybridized carbons (Fsp3) is 0.346. The zero-order valence-electron chi connectivity index (χ0n) is 21.2. The Morgan fingerprint density at radius 2 is 1.73 bits per heavy atom. The fourth-order valence-electron chi connectivity index (χ4n) is 4.24. The summed E-state index contributed by atoms with van der Waals surface area (Å²) in [6, 6.07) is 10.5. The Morgan fingerprint density at radius 1 is 1.05 bits per heavy atom. The molecule has 0 radical (unpaired) electrons. The lowest BCUT2D eigenvalue weighted by Gasteiger charge is -2.39. The van der Waals surface area contributed by atoms with Crippen LogP contribution < -0.4 is 5.73 Å². The third-order valence-corrected chi connectivity index (χ3v) is 8.03. The highest BCUT2D eigenvalue weighted by Crippen LogP contribution is 2.34. The minimum absolute atomic E-state index is 0.0653. The van der Waals surface area contributed by atoms with Crippen molar-refractivity contribution >= 4 is 22.1 Å². The summed E-state index contributed by atoms with van der Waals surface area (Å²) in [5, 5.41) is 0. The lowest BCUT2D eigenvalue weighted by atomic mass is 10.0. The third-order valence-electron chi connectivity index (χ3n) is 5.95. The molecule has 1 aliphatic heterocycles. The number of hydrogen-bond donors (Lipinski definition) is 1. The lowest BCUT2D eigenvalue weighted by molar-refractivity contribution is 0.0143. The molecule has 4 rings (SSSR count). The molecule has 1 saturated heterocycles. The number of hydrogen-bond acceptors (Lipinski definition) is 7. The average Bonchev–Trinajstić information content (AvgIpc) is 2.83. The van der Waals surface area contributed by atoms with Gasteiger partial charge in [-0.25, -0.2) is 27.6 Å². The Bertz CT molecular complexity index is 1410. The first-order valence-corrected chi connectivity index (χ1v) is 13.3. The number of ether oxygens (including phenoxy) is 1. The van der Waals surface area contributed by atoms with Gasteiger partial charge in [0, 0.05) is 54.8 Å². The van der Waals surface area contributed by atoms with Gasteiger partial charge in [-0.15, -0.1) is 0 Å². The summed E-state index contributed by atoms with van der Waals surface area (Å²) in [4.78, 5) is 21.9. The Morgan fingerprint density at radius 3 is 2.35 bits per heavy atom. The van der Waals surface area contributed by atoms with E-state index in [0.717, 1.165) is 0 Å². The van der Waals surface area contributed by atoms with Crippen molar-refractivity contribution in [3.05, 3.63) is 60.7 Å². The number of carbonyl (C=O) groups excluding carboxylic acids is 1. The second-order valence-corrected chi connectivity index (χ2v) is 11.8. The van der Waals surface area contributed by atoms with E-state index in [1.165, 1.54) is 33.7 Å². The number of carbonyl (C=O) groups is 1. The summed E-state index contributed by atoms with van der Waals surface area (Å²) in [7, 11) is -3.96. The van der Waals surface area contributed by atoms with Gasteiger partial charge in [0.15, 0.2) is 0 Å². The van der Waals surface area contributed by atoms with E-state index in [1.54, 1.807) is 58.0 Å². The molecule has 0 bridgehead atoms. The minimum atomic E-state index is -3.96. The largest absolute Gasteiger partial charge is 0.444 e. The van der Waals surface area contributed by atoms with Crippen molar-refractivity contribution in [3.63, 3.8) is 0 Å². The molecule has 1 aromatic heterocycles. The molecule has 2 heterocycles. The van der Waals surface area contributed by atoms with Crippen LogP contribution in [0.3, 0.4) is 0 Å². The summed E-state index contributed by atoms with van der Waals surface area (Å²) >= 11 is 0. The van der Waals surface area contributed by atoms with Gasteiger partial charge in [0.2, 0.25) is 16.0 Å². The molecule has 9 nitrogen and oxygen atoms in total. The van der Waals surface area contributed by atoms with Crippen LogP contribution in [0.1, 0.15) is 27.7 Å². The van der Waals surface area contributed by atoms with Gasteiger partial charge in [0.1, 0.15) is 11.4 Å². The molecular formula is C26H30FN5O4S. The van der Waals surface area contributed by atoms with Crippen molar-refractivity contribution in [1.29, 1.82) is 0 Å². The third kappa shape index (κ3) is 5.72. The molecule has 11 heteroatoms. The Balaban J connectivity index is 1.61. The first-order valence-electron chi connectivity index (χ1n) is 11.8. The van der Waals surface area contributed by atoms with E-state index >= 15 is 4.39 Å². The summed E-state index contributed by atoms with van der Waals surface area (Å²) in [6.07, 6.45) is 2.38. The lowest BCUT2D eigenvalue weighted by Crippen LogP contribution is -2.56. The van der Waals surface area contributed by atoms with Crippen molar-refractivity contribution < 1.29 is 22.3 Å². The van der Waals surface area contributed by atoms with Crippen LogP contribution in [0, 0.1) is 5.82 Å². The van der Waals surface area contributed by atoms with Gasteiger partial charge < -0.3 is 15.4 Å². The SMILES string of the molecule is CC1CN(C(=O)OC(C)(C)C)CCN1S(=O)(=O)c1ccccc1-c1ccc(-c2cnc(N)nc2)c(F)c1. The fourth-order valence-corrected chi connectivity index (χ4v) is 6.07. The van der Waals surface area contributed by atoms with Crippen LogP contribution in [0.15, 0.2) is 59.8 Å². The molecule has 0 saturated carbocycles. The number of anilines is 1. The second kappa shape index (κ2) is 10.1. The van der Waals surface area contributed by atoms with Gasteiger partial charge in [-0.05, 0) is 45.4 Å². The molecule has 2 aromatic carbocycles. The number of nitrogens with two attached hydrogens (primary N) is 1. The molecule has 1 aliphatic rings. The maximum Gasteiger partial charge on any atom is 0.410 e. The first-order chi connectivity index (χ1) is 17.4.